The van der Waals surface area contributed by atoms with E-state index in [4.69, 9.17) is 4.74 Å². The van der Waals surface area contributed by atoms with Gasteiger partial charge in [-0.25, -0.2) is 9.97 Å². The van der Waals surface area contributed by atoms with Crippen molar-refractivity contribution in [3.63, 3.8) is 0 Å². The van der Waals surface area contributed by atoms with Gasteiger partial charge in [0.25, 0.3) is 0 Å². The van der Waals surface area contributed by atoms with Crippen molar-refractivity contribution in [2.45, 2.75) is 13.8 Å². The Morgan fingerprint density at radius 1 is 0.857 bits per heavy atom. The average molecular weight is 375 g/mol. The third-order valence-corrected chi connectivity index (χ3v) is 4.83. The number of morpholine rings is 1. The van der Waals surface area contributed by atoms with E-state index in [0.29, 0.717) is 0 Å². The number of nitrogens with zero attached hydrogens (tertiary/aromatic N) is 3. The van der Waals surface area contributed by atoms with Crippen LogP contribution < -0.4 is 15.5 Å². The molecule has 6 heteroatoms. The molecule has 0 atom stereocenters. The highest BCUT2D eigenvalue weighted by atomic mass is 16.5. The van der Waals surface area contributed by atoms with E-state index in [1.165, 1.54) is 11.1 Å². The molecule has 2 heterocycles. The van der Waals surface area contributed by atoms with Crippen LogP contribution in [0.2, 0.25) is 0 Å². The molecule has 1 aromatic heterocycles. The van der Waals surface area contributed by atoms with Crippen LogP contribution in [0, 0.1) is 13.8 Å². The molecule has 0 radical (unpaired) electrons. The monoisotopic (exact) mass is 375 g/mol. The molecule has 144 valence electrons. The molecule has 0 bridgehead atoms. The molecule has 0 aliphatic carbocycles. The van der Waals surface area contributed by atoms with Crippen molar-refractivity contribution in [3.05, 3.63) is 66.0 Å². The first kappa shape index (κ1) is 18.3. The lowest BCUT2D eigenvalue weighted by Crippen LogP contribution is -2.36. The van der Waals surface area contributed by atoms with Crippen LogP contribution in [-0.2, 0) is 4.74 Å². The number of rotatable bonds is 5. The van der Waals surface area contributed by atoms with Gasteiger partial charge in [-0.1, -0.05) is 29.8 Å². The normalized spacial score (nSPS) is 14.0. The van der Waals surface area contributed by atoms with Crippen LogP contribution >= 0.6 is 0 Å². The Hall–Kier alpha value is -3.12. The van der Waals surface area contributed by atoms with Gasteiger partial charge in [-0.2, -0.15) is 0 Å². The fourth-order valence-corrected chi connectivity index (χ4v) is 3.38. The lowest BCUT2D eigenvalue weighted by Gasteiger charge is -2.30. The summed E-state index contributed by atoms with van der Waals surface area (Å²) in [5, 5.41) is 6.83. The van der Waals surface area contributed by atoms with E-state index in [0.717, 1.165) is 55.0 Å². The first-order valence-electron chi connectivity index (χ1n) is 9.54. The zero-order valence-corrected chi connectivity index (χ0v) is 16.3. The van der Waals surface area contributed by atoms with Crippen LogP contribution in [0.15, 0.2) is 54.9 Å². The first-order valence-corrected chi connectivity index (χ1v) is 9.54. The lowest BCUT2D eigenvalue weighted by atomic mass is 10.1. The number of hydrogen-bond donors (Lipinski definition) is 2. The number of aryl methyl sites for hydroxylation is 2. The molecule has 6 nitrogen and oxygen atoms in total. The summed E-state index contributed by atoms with van der Waals surface area (Å²) in [7, 11) is 0. The van der Waals surface area contributed by atoms with Gasteiger partial charge in [0, 0.05) is 24.8 Å². The van der Waals surface area contributed by atoms with Gasteiger partial charge in [-0.3, -0.25) is 0 Å². The van der Waals surface area contributed by atoms with E-state index in [2.05, 4.69) is 75.7 Å². The van der Waals surface area contributed by atoms with Crippen LogP contribution in [0.1, 0.15) is 11.1 Å². The van der Waals surface area contributed by atoms with Gasteiger partial charge in [0.15, 0.2) is 0 Å². The Kier molecular flexibility index (Phi) is 5.39. The standard InChI is InChI=1S/C22H25N5O/c1-16-7-8-18(17(2)13-16)25-21-14-22(24-15-23-21)26-19-5-3-4-6-20(19)27-9-11-28-12-10-27/h3-8,13-15H,9-12H2,1-2H3,(H2,23,24,25,26). The summed E-state index contributed by atoms with van der Waals surface area (Å²) in [6.45, 7) is 7.48. The highest BCUT2D eigenvalue weighted by molar-refractivity contribution is 5.75. The van der Waals surface area contributed by atoms with Gasteiger partial charge >= 0.3 is 0 Å². The minimum Gasteiger partial charge on any atom is -0.378 e. The summed E-state index contributed by atoms with van der Waals surface area (Å²) >= 11 is 0. The maximum absolute atomic E-state index is 5.48. The molecule has 1 aliphatic rings. The van der Waals surface area contributed by atoms with Gasteiger partial charge in [-0.05, 0) is 37.6 Å². The Labute approximate surface area is 165 Å². The van der Waals surface area contributed by atoms with Crippen molar-refractivity contribution < 1.29 is 4.74 Å². The molecular weight excluding hydrogens is 350 g/mol. The van der Waals surface area contributed by atoms with Crippen LogP contribution in [-0.4, -0.2) is 36.3 Å². The van der Waals surface area contributed by atoms with Crippen molar-refractivity contribution in [1.29, 1.82) is 0 Å². The minimum atomic E-state index is 0.753. The van der Waals surface area contributed by atoms with Gasteiger partial charge in [0.05, 0.1) is 24.6 Å². The summed E-state index contributed by atoms with van der Waals surface area (Å²) < 4.78 is 5.48. The second kappa shape index (κ2) is 8.27. The molecule has 0 spiro atoms. The first-order chi connectivity index (χ1) is 13.7. The summed E-state index contributed by atoms with van der Waals surface area (Å²) in [6.07, 6.45) is 1.57. The zero-order chi connectivity index (χ0) is 19.3. The fraction of sp³-hybridized carbons (Fsp3) is 0.273. The van der Waals surface area contributed by atoms with E-state index in [-0.39, 0.29) is 0 Å². The van der Waals surface area contributed by atoms with E-state index in [1.807, 2.05) is 12.1 Å². The second-order valence-electron chi connectivity index (χ2n) is 6.97. The third kappa shape index (κ3) is 4.23. The van der Waals surface area contributed by atoms with Crippen LogP contribution in [0.5, 0.6) is 0 Å². The largest absolute Gasteiger partial charge is 0.378 e. The summed E-state index contributed by atoms with van der Waals surface area (Å²) in [5.41, 5.74) is 5.66. The molecule has 28 heavy (non-hydrogen) atoms. The summed E-state index contributed by atoms with van der Waals surface area (Å²) in [4.78, 5) is 11.1. The molecule has 3 aromatic rings. The smallest absolute Gasteiger partial charge is 0.135 e. The number of benzene rings is 2. The third-order valence-electron chi connectivity index (χ3n) is 4.83. The number of anilines is 5. The quantitative estimate of drug-likeness (QED) is 0.688. The molecule has 0 amide bonds. The van der Waals surface area contributed by atoms with Crippen LogP contribution in [0.3, 0.4) is 0 Å². The number of hydrogen-bond acceptors (Lipinski definition) is 6. The predicted molar refractivity (Wildman–Crippen MR) is 114 cm³/mol. The lowest BCUT2D eigenvalue weighted by molar-refractivity contribution is 0.123. The van der Waals surface area contributed by atoms with E-state index < -0.39 is 0 Å². The van der Waals surface area contributed by atoms with Crippen molar-refractivity contribution in [2.75, 3.05) is 41.8 Å². The highest BCUT2D eigenvalue weighted by Crippen LogP contribution is 2.29. The minimum absolute atomic E-state index is 0.753. The molecular formula is C22H25N5O. The van der Waals surface area contributed by atoms with E-state index in [1.54, 1.807) is 6.33 Å². The molecule has 1 saturated heterocycles. The van der Waals surface area contributed by atoms with Gasteiger partial charge < -0.3 is 20.3 Å². The van der Waals surface area contributed by atoms with Crippen molar-refractivity contribution in [3.8, 4) is 0 Å². The van der Waals surface area contributed by atoms with Crippen molar-refractivity contribution in [1.82, 2.24) is 9.97 Å². The maximum atomic E-state index is 5.48. The highest BCUT2D eigenvalue weighted by Gasteiger charge is 2.15. The molecule has 2 N–H and O–H groups in total. The van der Waals surface area contributed by atoms with Crippen LogP contribution in [0.25, 0.3) is 0 Å². The molecule has 0 saturated carbocycles. The Morgan fingerprint density at radius 3 is 2.32 bits per heavy atom. The summed E-state index contributed by atoms with van der Waals surface area (Å²) in [6, 6.07) is 16.5. The van der Waals surface area contributed by atoms with Gasteiger partial charge in [0.2, 0.25) is 0 Å². The molecule has 0 unspecified atom stereocenters. The Morgan fingerprint density at radius 2 is 1.57 bits per heavy atom. The predicted octanol–water partition coefficient (Wildman–Crippen LogP) is 4.42. The SMILES string of the molecule is Cc1ccc(Nc2cc(Nc3ccccc3N3CCOCC3)ncn2)c(C)c1. The van der Waals surface area contributed by atoms with E-state index >= 15 is 0 Å². The van der Waals surface area contributed by atoms with E-state index in [9.17, 15) is 0 Å². The zero-order valence-electron chi connectivity index (χ0n) is 16.3. The Balaban J connectivity index is 1.54. The average Bonchev–Trinajstić information content (AvgIpc) is 2.72. The summed E-state index contributed by atoms with van der Waals surface area (Å²) in [5.74, 6) is 1.51. The molecule has 1 fully saturated rings. The maximum Gasteiger partial charge on any atom is 0.135 e. The number of nitrogens with one attached hydrogen (secondary N) is 2. The van der Waals surface area contributed by atoms with Crippen molar-refractivity contribution >= 4 is 28.7 Å². The second-order valence-corrected chi connectivity index (χ2v) is 6.97. The van der Waals surface area contributed by atoms with Gasteiger partial charge in [-0.15, -0.1) is 0 Å². The number of ether oxygens (including phenoxy) is 1. The molecule has 4 rings (SSSR count). The van der Waals surface area contributed by atoms with Gasteiger partial charge in [0.1, 0.15) is 18.0 Å². The Bertz CT molecular complexity index is 953. The molecule has 1 aliphatic heterocycles. The number of para-hydroxylation sites is 2. The molecule has 2 aromatic carbocycles. The van der Waals surface area contributed by atoms with Crippen molar-refractivity contribution in [2.24, 2.45) is 0 Å². The topological polar surface area (TPSA) is 62.3 Å². The fourth-order valence-electron chi connectivity index (χ4n) is 3.38. The van der Waals surface area contributed by atoms with Crippen LogP contribution in [0.4, 0.5) is 28.7 Å². The number of aromatic nitrogens is 2.